The fourth-order valence-corrected chi connectivity index (χ4v) is 2.27. The molecule has 0 aromatic rings. The maximum Gasteiger partial charge on any atom is 0.352 e. The molecule has 0 aromatic heterocycles. The SMILES string of the molecule is CC1(C)CC1C(=O)N/C(=C\CCCCCCC#N)C(=O)O. The van der Waals surface area contributed by atoms with Crippen molar-refractivity contribution in [3.8, 4) is 6.07 Å². The molecule has 0 heterocycles. The molecule has 1 saturated carbocycles. The quantitative estimate of drug-likeness (QED) is 0.505. The summed E-state index contributed by atoms with van der Waals surface area (Å²) in [5.74, 6) is -1.36. The summed E-state index contributed by atoms with van der Waals surface area (Å²) >= 11 is 0. The molecule has 5 heteroatoms. The molecule has 1 aliphatic carbocycles. The van der Waals surface area contributed by atoms with Gasteiger partial charge >= 0.3 is 5.97 Å². The third kappa shape index (κ3) is 5.99. The van der Waals surface area contributed by atoms with E-state index in [0.29, 0.717) is 12.8 Å². The molecule has 0 aliphatic heterocycles. The van der Waals surface area contributed by atoms with Crippen LogP contribution < -0.4 is 5.32 Å². The number of hydrogen-bond donors (Lipinski definition) is 2. The van der Waals surface area contributed by atoms with Crippen LogP contribution in [-0.4, -0.2) is 17.0 Å². The van der Waals surface area contributed by atoms with Gasteiger partial charge in [0.2, 0.25) is 5.91 Å². The highest BCUT2D eigenvalue weighted by Crippen LogP contribution is 2.51. The summed E-state index contributed by atoms with van der Waals surface area (Å²) in [6.45, 7) is 4.01. The second kappa shape index (κ2) is 7.82. The molecule has 1 rings (SSSR count). The lowest BCUT2D eigenvalue weighted by Crippen LogP contribution is -2.29. The van der Waals surface area contributed by atoms with Crippen LogP contribution in [-0.2, 0) is 9.59 Å². The number of aliphatic carboxylic acids is 1. The van der Waals surface area contributed by atoms with Gasteiger partial charge in [-0.15, -0.1) is 0 Å². The standard InChI is InChI=1S/C16H24N2O3/c1-16(2)11-12(16)14(19)18-13(15(20)21)9-7-5-3-4-6-8-10-17/h9,12H,3-8,11H2,1-2H3,(H,18,19)(H,20,21)/b13-9-. The van der Waals surface area contributed by atoms with Crippen LogP contribution in [0.4, 0.5) is 0 Å². The predicted molar refractivity (Wildman–Crippen MR) is 79.1 cm³/mol. The van der Waals surface area contributed by atoms with Crippen LogP contribution in [0.15, 0.2) is 11.8 Å². The average molecular weight is 292 g/mol. The minimum Gasteiger partial charge on any atom is -0.477 e. The Hall–Kier alpha value is -1.83. The van der Waals surface area contributed by atoms with Gasteiger partial charge in [0.25, 0.3) is 0 Å². The van der Waals surface area contributed by atoms with E-state index >= 15 is 0 Å². The lowest BCUT2D eigenvalue weighted by molar-refractivity contribution is -0.135. The van der Waals surface area contributed by atoms with Crippen molar-refractivity contribution in [1.82, 2.24) is 5.32 Å². The van der Waals surface area contributed by atoms with Gasteiger partial charge in [-0.25, -0.2) is 4.79 Å². The van der Waals surface area contributed by atoms with Crippen LogP contribution >= 0.6 is 0 Å². The van der Waals surface area contributed by atoms with E-state index in [-0.39, 0.29) is 22.9 Å². The average Bonchev–Trinajstić information content (AvgIpc) is 3.05. The molecule has 21 heavy (non-hydrogen) atoms. The fourth-order valence-electron chi connectivity index (χ4n) is 2.27. The Balaban J connectivity index is 2.32. The van der Waals surface area contributed by atoms with E-state index in [1.165, 1.54) is 0 Å². The number of nitrogens with one attached hydrogen (secondary N) is 1. The summed E-state index contributed by atoms with van der Waals surface area (Å²) in [6, 6.07) is 2.10. The van der Waals surface area contributed by atoms with Crippen LogP contribution in [0.1, 0.15) is 58.8 Å². The van der Waals surface area contributed by atoms with Crippen molar-refractivity contribution in [3.05, 3.63) is 11.8 Å². The number of carboxylic acids is 1. The minimum absolute atomic E-state index is 0.00552. The summed E-state index contributed by atoms with van der Waals surface area (Å²) in [7, 11) is 0. The molecule has 2 N–H and O–H groups in total. The van der Waals surface area contributed by atoms with E-state index in [4.69, 9.17) is 10.4 Å². The Labute approximate surface area is 126 Å². The predicted octanol–water partition coefficient (Wildman–Crippen LogP) is 2.98. The molecule has 1 amide bonds. The molecule has 1 fully saturated rings. The first-order valence-electron chi connectivity index (χ1n) is 7.50. The van der Waals surface area contributed by atoms with Gasteiger partial charge in [0.15, 0.2) is 0 Å². The normalized spacial score (nSPS) is 19.7. The lowest BCUT2D eigenvalue weighted by Gasteiger charge is -2.07. The van der Waals surface area contributed by atoms with E-state index in [9.17, 15) is 9.59 Å². The molecule has 1 aliphatic rings. The Bertz CT molecular complexity index is 461. The van der Waals surface area contributed by atoms with Crippen molar-refractivity contribution in [2.75, 3.05) is 0 Å². The van der Waals surface area contributed by atoms with Gasteiger partial charge in [-0.2, -0.15) is 5.26 Å². The van der Waals surface area contributed by atoms with Gasteiger partial charge < -0.3 is 10.4 Å². The van der Waals surface area contributed by atoms with Crippen molar-refractivity contribution in [3.63, 3.8) is 0 Å². The van der Waals surface area contributed by atoms with Crippen molar-refractivity contribution in [2.24, 2.45) is 11.3 Å². The number of allylic oxidation sites excluding steroid dienone is 1. The number of nitrogens with zero attached hydrogens (tertiary/aromatic N) is 1. The fraction of sp³-hybridized carbons (Fsp3) is 0.688. The monoisotopic (exact) mass is 292 g/mol. The Morgan fingerprint density at radius 3 is 2.48 bits per heavy atom. The molecule has 0 aromatic carbocycles. The summed E-state index contributed by atoms with van der Waals surface area (Å²) in [6.07, 6.45) is 7.30. The van der Waals surface area contributed by atoms with E-state index in [0.717, 1.165) is 32.1 Å². The first-order chi connectivity index (χ1) is 9.88. The lowest BCUT2D eigenvalue weighted by atomic mass is 10.1. The highest BCUT2D eigenvalue weighted by atomic mass is 16.4. The van der Waals surface area contributed by atoms with Gasteiger partial charge in [-0.05, 0) is 31.1 Å². The minimum atomic E-state index is -1.09. The van der Waals surface area contributed by atoms with Gasteiger partial charge in [0.05, 0.1) is 6.07 Å². The summed E-state index contributed by atoms with van der Waals surface area (Å²) < 4.78 is 0. The van der Waals surface area contributed by atoms with Crippen LogP contribution in [0.2, 0.25) is 0 Å². The highest BCUT2D eigenvalue weighted by Gasteiger charge is 2.50. The van der Waals surface area contributed by atoms with Crippen LogP contribution in [0.25, 0.3) is 0 Å². The summed E-state index contributed by atoms with van der Waals surface area (Å²) in [5.41, 5.74) is -0.0197. The molecule has 1 atom stereocenters. The number of carboxylic acid groups (broad SMARTS) is 1. The van der Waals surface area contributed by atoms with Gasteiger partial charge in [0, 0.05) is 12.3 Å². The molecule has 5 nitrogen and oxygen atoms in total. The molecule has 0 saturated heterocycles. The smallest absolute Gasteiger partial charge is 0.352 e. The number of amides is 1. The number of carbonyl (C=O) groups is 2. The third-order valence-corrected chi connectivity index (χ3v) is 3.91. The van der Waals surface area contributed by atoms with Crippen molar-refractivity contribution < 1.29 is 14.7 Å². The zero-order valence-corrected chi connectivity index (χ0v) is 12.8. The van der Waals surface area contributed by atoms with E-state index in [1.807, 2.05) is 13.8 Å². The van der Waals surface area contributed by atoms with Crippen molar-refractivity contribution >= 4 is 11.9 Å². The third-order valence-electron chi connectivity index (χ3n) is 3.91. The molecule has 0 bridgehead atoms. The molecular formula is C16H24N2O3. The Kier molecular flexibility index (Phi) is 6.41. The van der Waals surface area contributed by atoms with Gasteiger partial charge in [0.1, 0.15) is 5.70 Å². The van der Waals surface area contributed by atoms with Crippen LogP contribution in [0.3, 0.4) is 0 Å². The number of nitriles is 1. The van der Waals surface area contributed by atoms with E-state index in [2.05, 4.69) is 11.4 Å². The van der Waals surface area contributed by atoms with Gasteiger partial charge in [-0.1, -0.05) is 32.8 Å². The Morgan fingerprint density at radius 2 is 1.95 bits per heavy atom. The molecule has 116 valence electrons. The number of rotatable bonds is 9. The van der Waals surface area contributed by atoms with Crippen molar-refractivity contribution in [2.45, 2.75) is 58.8 Å². The molecule has 0 spiro atoms. The molecule has 0 radical (unpaired) electrons. The number of unbranched alkanes of at least 4 members (excludes halogenated alkanes) is 5. The number of hydrogen-bond acceptors (Lipinski definition) is 3. The van der Waals surface area contributed by atoms with E-state index < -0.39 is 5.97 Å². The first kappa shape index (κ1) is 17.2. The second-order valence-electron chi connectivity index (χ2n) is 6.27. The number of carbonyl (C=O) groups excluding carboxylic acids is 1. The van der Waals surface area contributed by atoms with E-state index in [1.54, 1.807) is 6.08 Å². The molecular weight excluding hydrogens is 268 g/mol. The first-order valence-corrected chi connectivity index (χ1v) is 7.50. The van der Waals surface area contributed by atoms with Gasteiger partial charge in [-0.3, -0.25) is 4.79 Å². The summed E-state index contributed by atoms with van der Waals surface area (Å²) in [4.78, 5) is 23.0. The van der Waals surface area contributed by atoms with Crippen LogP contribution in [0, 0.1) is 22.7 Å². The topological polar surface area (TPSA) is 90.2 Å². The van der Waals surface area contributed by atoms with Crippen molar-refractivity contribution in [1.29, 1.82) is 5.26 Å². The Morgan fingerprint density at radius 1 is 1.33 bits per heavy atom. The highest BCUT2D eigenvalue weighted by molar-refractivity contribution is 5.94. The van der Waals surface area contributed by atoms with Crippen LogP contribution in [0.5, 0.6) is 0 Å². The second-order valence-corrected chi connectivity index (χ2v) is 6.27. The largest absolute Gasteiger partial charge is 0.477 e. The maximum atomic E-state index is 11.9. The zero-order valence-electron chi connectivity index (χ0n) is 12.8. The molecule has 1 unspecified atom stereocenters. The zero-order chi connectivity index (χ0) is 15.9. The summed E-state index contributed by atoms with van der Waals surface area (Å²) in [5, 5.41) is 20.0. The maximum absolute atomic E-state index is 11.9.